The van der Waals surface area contributed by atoms with Crippen LogP contribution in [-0.4, -0.2) is 45.1 Å². The van der Waals surface area contributed by atoms with E-state index >= 15 is 0 Å². The molecule has 1 saturated heterocycles. The van der Waals surface area contributed by atoms with E-state index in [-0.39, 0.29) is 21.9 Å². The molecular formula is C18H23N5O4. The molecule has 3 rings (SSSR count). The van der Waals surface area contributed by atoms with Crippen LogP contribution in [0.4, 0.5) is 11.5 Å². The van der Waals surface area contributed by atoms with Gasteiger partial charge in [-0.15, -0.1) is 0 Å². The molecule has 0 atom stereocenters. The highest BCUT2D eigenvalue weighted by Gasteiger charge is 2.21. The first kappa shape index (κ1) is 18.8. The number of aryl methyl sites for hydroxylation is 1. The van der Waals surface area contributed by atoms with Crippen LogP contribution in [0.15, 0.2) is 33.9 Å². The number of nitro groups is 1. The quantitative estimate of drug-likeness (QED) is 0.576. The van der Waals surface area contributed by atoms with Gasteiger partial charge in [0.1, 0.15) is 5.82 Å². The highest BCUT2D eigenvalue weighted by molar-refractivity contribution is 5.42. The zero-order chi connectivity index (χ0) is 19.7. The second-order valence-electron chi connectivity index (χ2n) is 6.88. The van der Waals surface area contributed by atoms with Gasteiger partial charge in [0.2, 0.25) is 0 Å². The summed E-state index contributed by atoms with van der Waals surface area (Å²) in [6.07, 6.45) is 0. The van der Waals surface area contributed by atoms with Gasteiger partial charge in [-0.25, -0.2) is 4.79 Å². The lowest BCUT2D eigenvalue weighted by molar-refractivity contribution is -0.385. The molecular weight excluding hydrogens is 350 g/mol. The van der Waals surface area contributed by atoms with E-state index < -0.39 is 0 Å². The van der Waals surface area contributed by atoms with Gasteiger partial charge in [0.15, 0.2) is 0 Å². The van der Waals surface area contributed by atoms with Gasteiger partial charge < -0.3 is 4.90 Å². The number of nitrogens with zero attached hydrogens (tertiary/aromatic N) is 5. The molecule has 0 bridgehead atoms. The van der Waals surface area contributed by atoms with E-state index in [0.29, 0.717) is 31.0 Å². The van der Waals surface area contributed by atoms with Crippen LogP contribution in [0, 0.1) is 17.0 Å². The number of hydrogen-bond donors (Lipinski definition) is 0. The Kier molecular flexibility index (Phi) is 5.13. The summed E-state index contributed by atoms with van der Waals surface area (Å²) in [6, 6.07) is 6.70. The first-order valence-corrected chi connectivity index (χ1v) is 8.76. The minimum absolute atomic E-state index is 0.134. The maximum absolute atomic E-state index is 12.1. The summed E-state index contributed by atoms with van der Waals surface area (Å²) < 4.78 is 2.59. The molecule has 0 amide bonds. The van der Waals surface area contributed by atoms with Crippen molar-refractivity contribution in [2.24, 2.45) is 14.1 Å². The van der Waals surface area contributed by atoms with Gasteiger partial charge in [-0.2, -0.15) is 0 Å². The zero-order valence-electron chi connectivity index (χ0n) is 15.7. The lowest BCUT2D eigenvalue weighted by Gasteiger charge is -2.36. The van der Waals surface area contributed by atoms with Gasteiger partial charge in [-0.3, -0.25) is 28.9 Å². The highest BCUT2D eigenvalue weighted by atomic mass is 16.6. The lowest BCUT2D eigenvalue weighted by Crippen LogP contribution is -2.49. The third-order valence-electron chi connectivity index (χ3n) is 5.06. The zero-order valence-corrected chi connectivity index (χ0v) is 15.7. The molecule has 2 heterocycles. The van der Waals surface area contributed by atoms with Gasteiger partial charge in [0, 0.05) is 64.5 Å². The predicted molar refractivity (Wildman–Crippen MR) is 102 cm³/mol. The Bertz CT molecular complexity index is 986. The summed E-state index contributed by atoms with van der Waals surface area (Å²) in [5.41, 5.74) is 1.19. The molecule has 27 heavy (non-hydrogen) atoms. The van der Waals surface area contributed by atoms with Crippen molar-refractivity contribution in [1.82, 2.24) is 14.0 Å². The number of rotatable bonds is 4. The standard InChI is InChI=1S/C18H23N5O4/c1-13-10-14(4-5-15(13)23(26)27)12-21-6-8-22(9-7-21)16-11-17(24)20(3)18(25)19(16)2/h4-5,10-11H,6-9,12H2,1-3H3. The summed E-state index contributed by atoms with van der Waals surface area (Å²) >= 11 is 0. The van der Waals surface area contributed by atoms with Gasteiger partial charge in [0.05, 0.1) is 4.92 Å². The molecule has 1 fully saturated rings. The smallest absolute Gasteiger partial charge is 0.332 e. The topological polar surface area (TPSA) is 93.6 Å². The number of hydrogen-bond acceptors (Lipinski definition) is 6. The van der Waals surface area contributed by atoms with Crippen molar-refractivity contribution in [3.8, 4) is 0 Å². The van der Waals surface area contributed by atoms with Crippen LogP contribution in [0.2, 0.25) is 0 Å². The fourth-order valence-corrected chi connectivity index (χ4v) is 3.44. The Balaban J connectivity index is 1.68. The van der Waals surface area contributed by atoms with Crippen LogP contribution >= 0.6 is 0 Å². The van der Waals surface area contributed by atoms with Crippen molar-refractivity contribution in [3.05, 3.63) is 66.3 Å². The van der Waals surface area contributed by atoms with Crippen molar-refractivity contribution in [3.63, 3.8) is 0 Å². The van der Waals surface area contributed by atoms with Gasteiger partial charge >= 0.3 is 5.69 Å². The molecule has 0 N–H and O–H groups in total. The monoisotopic (exact) mass is 373 g/mol. The van der Waals surface area contributed by atoms with Gasteiger partial charge in [-0.1, -0.05) is 6.07 Å². The molecule has 1 aliphatic rings. The molecule has 9 nitrogen and oxygen atoms in total. The average Bonchev–Trinajstić information content (AvgIpc) is 2.63. The van der Waals surface area contributed by atoms with Crippen molar-refractivity contribution in [2.45, 2.75) is 13.5 Å². The Morgan fingerprint density at radius 1 is 1.04 bits per heavy atom. The molecule has 2 aromatic rings. The molecule has 0 unspecified atom stereocenters. The molecule has 9 heteroatoms. The maximum atomic E-state index is 12.1. The van der Waals surface area contributed by atoms with E-state index in [4.69, 9.17) is 0 Å². The number of nitro benzene ring substituents is 1. The number of anilines is 1. The molecule has 144 valence electrons. The van der Waals surface area contributed by atoms with Crippen LogP contribution in [0.1, 0.15) is 11.1 Å². The van der Waals surface area contributed by atoms with Crippen LogP contribution in [0.5, 0.6) is 0 Å². The van der Waals surface area contributed by atoms with E-state index in [9.17, 15) is 19.7 Å². The minimum Gasteiger partial charge on any atom is -0.355 e. The third kappa shape index (κ3) is 3.77. The molecule has 0 saturated carbocycles. The fourth-order valence-electron chi connectivity index (χ4n) is 3.44. The van der Waals surface area contributed by atoms with Gasteiger partial charge in [0.25, 0.3) is 11.2 Å². The van der Waals surface area contributed by atoms with Crippen molar-refractivity contribution in [2.75, 3.05) is 31.1 Å². The largest absolute Gasteiger partial charge is 0.355 e. The summed E-state index contributed by atoms with van der Waals surface area (Å²) in [4.78, 5) is 38.9. The minimum atomic E-state index is -0.369. The Labute approximate surface area is 156 Å². The van der Waals surface area contributed by atoms with E-state index in [2.05, 4.69) is 4.90 Å². The Morgan fingerprint density at radius 3 is 2.30 bits per heavy atom. The van der Waals surface area contributed by atoms with Crippen LogP contribution in [0.25, 0.3) is 0 Å². The van der Waals surface area contributed by atoms with Crippen LogP contribution < -0.4 is 16.1 Å². The summed E-state index contributed by atoms with van der Waals surface area (Å²) in [5, 5.41) is 10.9. The van der Waals surface area contributed by atoms with E-state index in [1.165, 1.54) is 17.7 Å². The van der Waals surface area contributed by atoms with Crippen LogP contribution in [0.3, 0.4) is 0 Å². The third-order valence-corrected chi connectivity index (χ3v) is 5.06. The highest BCUT2D eigenvalue weighted by Crippen LogP contribution is 2.20. The molecule has 0 radical (unpaired) electrons. The van der Waals surface area contributed by atoms with Crippen molar-refractivity contribution in [1.29, 1.82) is 0 Å². The summed E-state index contributed by atoms with van der Waals surface area (Å²) in [7, 11) is 3.14. The van der Waals surface area contributed by atoms with Crippen molar-refractivity contribution < 1.29 is 4.92 Å². The normalized spacial score (nSPS) is 15.1. The van der Waals surface area contributed by atoms with Gasteiger partial charge in [-0.05, 0) is 18.6 Å². The van der Waals surface area contributed by atoms with Crippen LogP contribution in [-0.2, 0) is 20.6 Å². The van der Waals surface area contributed by atoms with Crippen molar-refractivity contribution >= 4 is 11.5 Å². The second-order valence-corrected chi connectivity index (χ2v) is 6.88. The fraction of sp³-hybridized carbons (Fsp3) is 0.444. The summed E-state index contributed by atoms with van der Waals surface area (Å²) in [6.45, 7) is 5.41. The lowest BCUT2D eigenvalue weighted by atomic mass is 10.1. The number of piperazine rings is 1. The van der Waals surface area contributed by atoms with E-state index in [1.807, 2.05) is 11.0 Å². The first-order chi connectivity index (χ1) is 12.8. The molecule has 1 aromatic heterocycles. The summed E-state index contributed by atoms with van der Waals surface area (Å²) in [5.74, 6) is 0.633. The van der Waals surface area contributed by atoms with E-state index in [0.717, 1.165) is 23.2 Å². The first-order valence-electron chi connectivity index (χ1n) is 8.76. The molecule has 0 aliphatic carbocycles. The Morgan fingerprint density at radius 2 is 1.70 bits per heavy atom. The molecule has 1 aliphatic heterocycles. The second kappa shape index (κ2) is 7.36. The number of aromatic nitrogens is 2. The predicted octanol–water partition coefficient (Wildman–Crippen LogP) is 0.623. The molecule has 1 aromatic carbocycles. The number of benzene rings is 1. The average molecular weight is 373 g/mol. The Hall–Kier alpha value is -2.94. The SMILES string of the molecule is Cc1cc(CN2CCN(c3cc(=O)n(C)c(=O)n3C)CC2)ccc1[N+](=O)[O-]. The van der Waals surface area contributed by atoms with E-state index in [1.54, 1.807) is 26.1 Å². The maximum Gasteiger partial charge on any atom is 0.332 e. The molecule has 0 spiro atoms.